The Morgan fingerprint density at radius 2 is 1.96 bits per heavy atom. The summed E-state index contributed by atoms with van der Waals surface area (Å²) in [4.78, 5) is 21.5. The Morgan fingerprint density at radius 3 is 2.65 bits per heavy atom. The van der Waals surface area contributed by atoms with E-state index in [-0.39, 0.29) is 11.8 Å². The van der Waals surface area contributed by atoms with Gasteiger partial charge >= 0.3 is 0 Å². The molecule has 1 N–H and O–H groups in total. The molecule has 5 nitrogen and oxygen atoms in total. The van der Waals surface area contributed by atoms with Crippen molar-refractivity contribution in [2.45, 2.75) is 26.3 Å². The number of rotatable bonds is 3. The molecule has 0 bridgehead atoms. The Bertz CT molecular complexity index is 859. The lowest BCUT2D eigenvalue weighted by Gasteiger charge is -2.11. The van der Waals surface area contributed by atoms with Crippen LogP contribution in [0.3, 0.4) is 0 Å². The molecule has 0 atom stereocenters. The summed E-state index contributed by atoms with van der Waals surface area (Å²) in [7, 11) is 0. The minimum absolute atomic E-state index is 0.0227. The second-order valence-corrected chi connectivity index (χ2v) is 5.89. The number of pyridine rings is 1. The van der Waals surface area contributed by atoms with Crippen LogP contribution in [0.15, 0.2) is 42.6 Å². The fraction of sp³-hybridized carbons (Fsp3) is 0.278. The third-order valence-electron chi connectivity index (χ3n) is 4.48. The van der Waals surface area contributed by atoms with E-state index in [4.69, 9.17) is 0 Å². The standard InChI is InChI=1S/C18H18N4O/c1-2-22-16-15(8-5-9-19-16)20-18(22)21-17(23)14-10-12-6-3-4-7-13(12)11-14/h3-9,14H,2,10-11H2,1H3,(H,20,21,23). The van der Waals surface area contributed by atoms with Gasteiger partial charge in [-0.05, 0) is 43.0 Å². The lowest BCUT2D eigenvalue weighted by atomic mass is 10.1. The van der Waals surface area contributed by atoms with Crippen LogP contribution >= 0.6 is 0 Å². The highest BCUT2D eigenvalue weighted by atomic mass is 16.2. The van der Waals surface area contributed by atoms with E-state index in [1.807, 2.05) is 35.8 Å². The number of imidazole rings is 1. The first-order chi connectivity index (χ1) is 11.3. The topological polar surface area (TPSA) is 59.8 Å². The summed E-state index contributed by atoms with van der Waals surface area (Å²) in [5, 5.41) is 3.00. The maximum atomic E-state index is 12.6. The first kappa shape index (κ1) is 13.9. The molecule has 0 saturated carbocycles. The van der Waals surface area contributed by atoms with Gasteiger partial charge in [0.2, 0.25) is 11.9 Å². The average molecular weight is 306 g/mol. The minimum Gasteiger partial charge on any atom is -0.296 e. The second kappa shape index (κ2) is 5.50. The van der Waals surface area contributed by atoms with Crippen molar-refractivity contribution in [3.8, 4) is 0 Å². The number of anilines is 1. The molecule has 5 heteroatoms. The van der Waals surface area contributed by atoms with Crippen molar-refractivity contribution in [1.82, 2.24) is 14.5 Å². The zero-order chi connectivity index (χ0) is 15.8. The number of aromatic nitrogens is 3. The SMILES string of the molecule is CCn1c(NC(=O)C2Cc3ccccc3C2)nc2cccnc21. The van der Waals surface area contributed by atoms with E-state index in [0.717, 1.165) is 24.0 Å². The van der Waals surface area contributed by atoms with Crippen molar-refractivity contribution < 1.29 is 4.79 Å². The Kier molecular flexibility index (Phi) is 3.33. The van der Waals surface area contributed by atoms with Gasteiger partial charge in [0.1, 0.15) is 5.52 Å². The van der Waals surface area contributed by atoms with E-state index < -0.39 is 0 Å². The largest absolute Gasteiger partial charge is 0.296 e. The Labute approximate surface area is 134 Å². The summed E-state index contributed by atoms with van der Waals surface area (Å²) in [6.07, 6.45) is 3.34. The van der Waals surface area contributed by atoms with Gasteiger partial charge in [0.05, 0.1) is 0 Å². The molecular formula is C18H18N4O. The smallest absolute Gasteiger partial charge is 0.230 e. The quantitative estimate of drug-likeness (QED) is 0.809. The summed E-state index contributed by atoms with van der Waals surface area (Å²) in [6, 6.07) is 12.0. The number of nitrogens with zero attached hydrogens (tertiary/aromatic N) is 3. The van der Waals surface area contributed by atoms with Gasteiger partial charge in [0, 0.05) is 18.7 Å². The summed E-state index contributed by atoms with van der Waals surface area (Å²) >= 11 is 0. The van der Waals surface area contributed by atoms with E-state index in [9.17, 15) is 4.79 Å². The molecule has 0 spiro atoms. The lowest BCUT2D eigenvalue weighted by Crippen LogP contribution is -2.25. The average Bonchev–Trinajstić information content (AvgIpc) is 3.15. The van der Waals surface area contributed by atoms with Gasteiger partial charge in [-0.25, -0.2) is 9.97 Å². The number of amides is 1. The molecule has 0 radical (unpaired) electrons. The second-order valence-electron chi connectivity index (χ2n) is 5.89. The molecule has 0 fully saturated rings. The fourth-order valence-electron chi connectivity index (χ4n) is 3.31. The highest BCUT2D eigenvalue weighted by molar-refractivity contribution is 5.93. The molecule has 1 aliphatic carbocycles. The summed E-state index contributed by atoms with van der Waals surface area (Å²) < 4.78 is 1.94. The van der Waals surface area contributed by atoms with Gasteiger partial charge in [-0.1, -0.05) is 24.3 Å². The molecule has 1 aromatic carbocycles. The summed E-state index contributed by atoms with van der Waals surface area (Å²) in [5.41, 5.74) is 4.16. The van der Waals surface area contributed by atoms with Crippen molar-refractivity contribution in [1.29, 1.82) is 0 Å². The molecule has 0 saturated heterocycles. The maximum Gasteiger partial charge on any atom is 0.230 e. The predicted molar refractivity (Wildman–Crippen MR) is 89.2 cm³/mol. The minimum atomic E-state index is -0.0227. The van der Waals surface area contributed by atoms with Gasteiger partial charge < -0.3 is 0 Å². The Morgan fingerprint density at radius 1 is 1.22 bits per heavy atom. The molecule has 1 amide bonds. The summed E-state index contributed by atoms with van der Waals surface area (Å²) in [5.74, 6) is 0.596. The van der Waals surface area contributed by atoms with Crippen molar-refractivity contribution in [3.63, 3.8) is 0 Å². The van der Waals surface area contributed by atoms with Crippen LogP contribution in [0.25, 0.3) is 11.2 Å². The zero-order valence-electron chi connectivity index (χ0n) is 13.0. The van der Waals surface area contributed by atoms with Crippen LogP contribution in [0.5, 0.6) is 0 Å². The lowest BCUT2D eigenvalue weighted by molar-refractivity contribution is -0.119. The molecule has 3 aromatic rings. The normalized spacial score (nSPS) is 14.1. The Balaban J connectivity index is 1.58. The Hall–Kier alpha value is -2.69. The number of hydrogen-bond acceptors (Lipinski definition) is 3. The van der Waals surface area contributed by atoms with Crippen molar-refractivity contribution in [2.24, 2.45) is 5.92 Å². The van der Waals surface area contributed by atoms with Gasteiger partial charge in [-0.3, -0.25) is 14.7 Å². The fourth-order valence-corrected chi connectivity index (χ4v) is 3.31. The van der Waals surface area contributed by atoms with Crippen LogP contribution in [0.4, 0.5) is 5.95 Å². The number of carbonyl (C=O) groups is 1. The van der Waals surface area contributed by atoms with E-state index in [1.165, 1.54) is 11.1 Å². The van der Waals surface area contributed by atoms with Crippen LogP contribution in [-0.2, 0) is 24.2 Å². The third-order valence-corrected chi connectivity index (χ3v) is 4.48. The summed E-state index contributed by atoms with van der Waals surface area (Å²) in [6.45, 7) is 2.74. The van der Waals surface area contributed by atoms with E-state index in [1.54, 1.807) is 6.20 Å². The number of carbonyl (C=O) groups excluding carboxylic acids is 1. The molecule has 0 unspecified atom stereocenters. The zero-order valence-corrected chi connectivity index (χ0v) is 13.0. The van der Waals surface area contributed by atoms with Crippen LogP contribution in [0, 0.1) is 5.92 Å². The maximum absolute atomic E-state index is 12.6. The van der Waals surface area contributed by atoms with Gasteiger partial charge in [-0.15, -0.1) is 0 Å². The van der Waals surface area contributed by atoms with Crippen LogP contribution in [-0.4, -0.2) is 20.4 Å². The molecule has 23 heavy (non-hydrogen) atoms. The molecule has 2 heterocycles. The highest BCUT2D eigenvalue weighted by Crippen LogP contribution is 2.27. The molecule has 116 valence electrons. The molecular weight excluding hydrogens is 288 g/mol. The molecule has 2 aromatic heterocycles. The highest BCUT2D eigenvalue weighted by Gasteiger charge is 2.28. The third kappa shape index (κ3) is 2.38. The van der Waals surface area contributed by atoms with Gasteiger partial charge in [0.15, 0.2) is 5.65 Å². The number of benzene rings is 1. The first-order valence-electron chi connectivity index (χ1n) is 7.95. The van der Waals surface area contributed by atoms with E-state index in [2.05, 4.69) is 27.4 Å². The van der Waals surface area contributed by atoms with Crippen LogP contribution in [0.1, 0.15) is 18.1 Å². The molecule has 1 aliphatic rings. The number of nitrogens with one attached hydrogen (secondary N) is 1. The number of aryl methyl sites for hydroxylation is 1. The first-order valence-corrected chi connectivity index (χ1v) is 7.95. The van der Waals surface area contributed by atoms with Crippen molar-refractivity contribution >= 4 is 23.0 Å². The van der Waals surface area contributed by atoms with Crippen molar-refractivity contribution in [3.05, 3.63) is 53.7 Å². The predicted octanol–water partition coefficient (Wildman–Crippen LogP) is 2.80. The van der Waals surface area contributed by atoms with E-state index >= 15 is 0 Å². The van der Waals surface area contributed by atoms with E-state index in [0.29, 0.717) is 12.5 Å². The van der Waals surface area contributed by atoms with Gasteiger partial charge in [0.25, 0.3) is 0 Å². The van der Waals surface area contributed by atoms with Crippen LogP contribution in [0.2, 0.25) is 0 Å². The van der Waals surface area contributed by atoms with Crippen molar-refractivity contribution in [2.75, 3.05) is 5.32 Å². The van der Waals surface area contributed by atoms with Gasteiger partial charge in [-0.2, -0.15) is 0 Å². The molecule has 0 aliphatic heterocycles. The van der Waals surface area contributed by atoms with Crippen LogP contribution < -0.4 is 5.32 Å². The number of hydrogen-bond donors (Lipinski definition) is 1. The number of fused-ring (bicyclic) bond motifs is 2. The monoisotopic (exact) mass is 306 g/mol. The molecule has 4 rings (SSSR count).